The van der Waals surface area contributed by atoms with Crippen LogP contribution in [0.3, 0.4) is 0 Å². The fourth-order valence-electron chi connectivity index (χ4n) is 8.44. The van der Waals surface area contributed by atoms with Crippen LogP contribution >= 0.6 is 11.3 Å². The third kappa shape index (κ3) is 5.04. The van der Waals surface area contributed by atoms with Gasteiger partial charge in [-0.2, -0.15) is 0 Å². The lowest BCUT2D eigenvalue weighted by Crippen LogP contribution is -2.00. The Bertz CT molecular complexity index is 3420. The van der Waals surface area contributed by atoms with Crippen molar-refractivity contribution in [3.05, 3.63) is 182 Å². The Labute approximate surface area is 330 Å². The van der Waals surface area contributed by atoms with E-state index in [1.165, 1.54) is 25.6 Å². The Morgan fingerprint density at radius 1 is 0.404 bits per heavy atom. The summed E-state index contributed by atoms with van der Waals surface area (Å²) in [7, 11) is 0. The zero-order valence-corrected chi connectivity index (χ0v) is 31.2. The van der Waals surface area contributed by atoms with Crippen molar-refractivity contribution in [2.45, 2.75) is 0 Å². The Hall–Kier alpha value is -7.41. The van der Waals surface area contributed by atoms with Gasteiger partial charge in [0.25, 0.3) is 0 Å². The molecule has 12 aromatic rings. The van der Waals surface area contributed by atoms with Crippen LogP contribution < -0.4 is 0 Å². The van der Waals surface area contributed by atoms with Crippen molar-refractivity contribution in [1.82, 2.24) is 19.5 Å². The highest BCUT2D eigenvalue weighted by Crippen LogP contribution is 2.43. The Morgan fingerprint density at radius 2 is 0.982 bits per heavy atom. The average Bonchev–Trinajstić information content (AvgIpc) is 3.96. The maximum atomic E-state index is 6.72. The van der Waals surface area contributed by atoms with Crippen molar-refractivity contribution in [3.63, 3.8) is 0 Å². The molecule has 0 N–H and O–H groups in total. The van der Waals surface area contributed by atoms with Gasteiger partial charge in [0.1, 0.15) is 5.58 Å². The molecule has 5 nitrogen and oxygen atoms in total. The SMILES string of the molecule is c1ccc(-c2nc(-c3ccccc3)nc(-c3cccc4sc5ccc(-c6ccc7oc8c(-n9c%10ccccc%10c%10ccccc%109)cccc8c7c6)cc5c34)n2)cc1. The highest BCUT2D eigenvalue weighted by atomic mass is 32.1. The fourth-order valence-corrected chi connectivity index (χ4v) is 9.56. The third-order valence-electron chi connectivity index (χ3n) is 11.1. The van der Waals surface area contributed by atoms with E-state index in [0.717, 1.165) is 71.9 Å². The van der Waals surface area contributed by atoms with Crippen LogP contribution in [-0.4, -0.2) is 19.5 Å². The molecule has 0 atom stereocenters. The Kier molecular flexibility index (Phi) is 7.03. The normalized spacial score (nSPS) is 11.9. The van der Waals surface area contributed by atoms with Gasteiger partial charge in [-0.3, -0.25) is 0 Å². The van der Waals surface area contributed by atoms with Gasteiger partial charge >= 0.3 is 0 Å². The summed E-state index contributed by atoms with van der Waals surface area (Å²) in [6.45, 7) is 0. The molecule has 0 saturated heterocycles. The van der Waals surface area contributed by atoms with E-state index in [4.69, 9.17) is 19.4 Å². The molecule has 266 valence electrons. The molecule has 0 unspecified atom stereocenters. The summed E-state index contributed by atoms with van der Waals surface area (Å²) in [5.74, 6) is 1.96. The maximum absolute atomic E-state index is 6.72. The summed E-state index contributed by atoms with van der Waals surface area (Å²) in [5.41, 5.74) is 10.3. The Balaban J connectivity index is 1.02. The number of furan rings is 1. The van der Waals surface area contributed by atoms with E-state index in [9.17, 15) is 0 Å². The molecule has 4 heterocycles. The van der Waals surface area contributed by atoms with Crippen molar-refractivity contribution in [1.29, 1.82) is 0 Å². The molecule has 12 rings (SSSR count). The van der Waals surface area contributed by atoms with Crippen molar-refractivity contribution >= 4 is 75.3 Å². The first kappa shape index (κ1) is 31.9. The van der Waals surface area contributed by atoms with E-state index in [1.54, 1.807) is 11.3 Å². The van der Waals surface area contributed by atoms with Gasteiger partial charge in [0.05, 0.1) is 16.7 Å². The summed E-state index contributed by atoms with van der Waals surface area (Å²) in [4.78, 5) is 15.1. The minimum Gasteiger partial charge on any atom is -0.454 e. The summed E-state index contributed by atoms with van der Waals surface area (Å²) in [5, 5.41) is 6.96. The van der Waals surface area contributed by atoms with E-state index < -0.39 is 0 Å². The highest BCUT2D eigenvalue weighted by molar-refractivity contribution is 7.26. The molecule has 4 aromatic heterocycles. The quantitative estimate of drug-likeness (QED) is 0.176. The molecular weight excluding hydrogens is 717 g/mol. The number of para-hydroxylation sites is 3. The second kappa shape index (κ2) is 12.6. The number of nitrogens with zero attached hydrogens (tertiary/aromatic N) is 4. The van der Waals surface area contributed by atoms with Gasteiger partial charge in [-0.05, 0) is 59.7 Å². The summed E-state index contributed by atoms with van der Waals surface area (Å²) in [6.07, 6.45) is 0. The molecule has 0 aliphatic carbocycles. The van der Waals surface area contributed by atoms with Crippen LogP contribution in [0.1, 0.15) is 0 Å². The molecule has 0 fully saturated rings. The molecule has 57 heavy (non-hydrogen) atoms. The maximum Gasteiger partial charge on any atom is 0.164 e. The van der Waals surface area contributed by atoms with Crippen LogP contribution in [0.4, 0.5) is 0 Å². The second-order valence-corrected chi connectivity index (χ2v) is 15.5. The van der Waals surface area contributed by atoms with Gasteiger partial charge in [0, 0.05) is 58.4 Å². The second-order valence-electron chi connectivity index (χ2n) is 14.4. The molecular formula is C51H30N4OS. The third-order valence-corrected chi connectivity index (χ3v) is 12.2. The number of rotatable bonds is 5. The van der Waals surface area contributed by atoms with Gasteiger partial charge in [0.2, 0.25) is 0 Å². The smallest absolute Gasteiger partial charge is 0.164 e. The lowest BCUT2D eigenvalue weighted by Gasteiger charge is -2.10. The van der Waals surface area contributed by atoms with Crippen LogP contribution in [0.5, 0.6) is 0 Å². The van der Waals surface area contributed by atoms with E-state index in [2.05, 4.69) is 126 Å². The number of aromatic nitrogens is 4. The largest absolute Gasteiger partial charge is 0.454 e. The summed E-state index contributed by atoms with van der Waals surface area (Å²) < 4.78 is 11.5. The molecule has 0 aliphatic heterocycles. The monoisotopic (exact) mass is 746 g/mol. The van der Waals surface area contributed by atoms with Crippen molar-refractivity contribution in [2.24, 2.45) is 0 Å². The molecule has 6 heteroatoms. The highest BCUT2D eigenvalue weighted by Gasteiger charge is 2.20. The van der Waals surface area contributed by atoms with Crippen LogP contribution in [0.15, 0.2) is 186 Å². The number of benzene rings is 8. The van der Waals surface area contributed by atoms with E-state index in [-0.39, 0.29) is 0 Å². The summed E-state index contributed by atoms with van der Waals surface area (Å²) >= 11 is 1.79. The topological polar surface area (TPSA) is 56.7 Å². The summed E-state index contributed by atoms with van der Waals surface area (Å²) in [6, 6.07) is 63.8. The number of hydrogen-bond acceptors (Lipinski definition) is 5. The lowest BCUT2D eigenvalue weighted by molar-refractivity contribution is 0.666. The lowest BCUT2D eigenvalue weighted by atomic mass is 9.99. The molecule has 0 spiro atoms. The standard InChI is InChI=1S/C51H30N4OS/c1-3-13-31(14-4-1)49-52-50(32-15-5-2-6-16-32)54-51(53-49)38-20-12-24-46-47(38)40-30-34(26-28-45(40)57-46)33-25-27-44-39(29-33)37-19-11-23-43(48(37)56-44)55-41-21-9-7-17-35(41)36-18-8-10-22-42(36)55/h1-30H. The Morgan fingerprint density at radius 3 is 1.68 bits per heavy atom. The first-order valence-electron chi connectivity index (χ1n) is 19.0. The van der Waals surface area contributed by atoms with E-state index in [0.29, 0.717) is 17.5 Å². The van der Waals surface area contributed by atoms with Gasteiger partial charge in [-0.15, -0.1) is 11.3 Å². The van der Waals surface area contributed by atoms with E-state index >= 15 is 0 Å². The molecule has 0 radical (unpaired) electrons. The zero-order chi connectivity index (χ0) is 37.5. The van der Waals surface area contributed by atoms with Crippen LogP contribution in [0.2, 0.25) is 0 Å². The van der Waals surface area contributed by atoms with Gasteiger partial charge in [-0.1, -0.05) is 133 Å². The van der Waals surface area contributed by atoms with Crippen molar-refractivity contribution in [2.75, 3.05) is 0 Å². The fraction of sp³-hybridized carbons (Fsp3) is 0. The van der Waals surface area contributed by atoms with Crippen molar-refractivity contribution < 1.29 is 4.42 Å². The molecule has 0 aliphatic rings. The van der Waals surface area contributed by atoms with Crippen LogP contribution in [0, 0.1) is 0 Å². The van der Waals surface area contributed by atoms with Crippen LogP contribution in [-0.2, 0) is 0 Å². The zero-order valence-electron chi connectivity index (χ0n) is 30.4. The minimum absolute atomic E-state index is 0.652. The predicted octanol–water partition coefficient (Wildman–Crippen LogP) is 13.9. The first-order chi connectivity index (χ1) is 28.2. The number of hydrogen-bond donors (Lipinski definition) is 0. The number of thiophene rings is 1. The average molecular weight is 747 g/mol. The number of fused-ring (bicyclic) bond motifs is 9. The predicted molar refractivity (Wildman–Crippen MR) is 236 cm³/mol. The van der Waals surface area contributed by atoms with E-state index in [1.807, 2.05) is 60.7 Å². The van der Waals surface area contributed by atoms with Crippen molar-refractivity contribution in [3.8, 4) is 51.0 Å². The van der Waals surface area contributed by atoms with Gasteiger partial charge < -0.3 is 8.98 Å². The van der Waals surface area contributed by atoms with Gasteiger partial charge in [0.15, 0.2) is 23.1 Å². The molecule has 8 aromatic carbocycles. The minimum atomic E-state index is 0.652. The molecule has 0 amide bonds. The molecule has 0 bridgehead atoms. The first-order valence-corrected chi connectivity index (χ1v) is 19.8. The molecule has 0 saturated carbocycles. The van der Waals surface area contributed by atoms with Gasteiger partial charge in [-0.25, -0.2) is 15.0 Å². The van der Waals surface area contributed by atoms with Crippen LogP contribution in [0.25, 0.3) is 115 Å².